The summed E-state index contributed by atoms with van der Waals surface area (Å²) in [6, 6.07) is 15.7. The molecule has 0 spiro atoms. The number of carbonyl (C=O) groups is 1. The Bertz CT molecular complexity index is 1360. The Morgan fingerprint density at radius 2 is 1.77 bits per heavy atom. The first-order valence-electron chi connectivity index (χ1n) is 9.59. The minimum Gasteiger partial charge on any atom is -0.478 e. The van der Waals surface area contributed by atoms with Gasteiger partial charge in [-0.25, -0.2) is 4.39 Å². The molecule has 0 N–H and O–H groups in total. The lowest BCUT2D eigenvalue weighted by molar-refractivity contribution is 0.0920. The van der Waals surface area contributed by atoms with Crippen molar-refractivity contribution in [2.24, 2.45) is 0 Å². The smallest absolute Gasteiger partial charge is 0.235 e. The van der Waals surface area contributed by atoms with Crippen molar-refractivity contribution in [1.29, 1.82) is 0 Å². The molecule has 6 heteroatoms. The zero-order valence-electron chi connectivity index (χ0n) is 16.9. The van der Waals surface area contributed by atoms with Crippen molar-refractivity contribution >= 4 is 28.4 Å². The van der Waals surface area contributed by atoms with Crippen molar-refractivity contribution in [3.63, 3.8) is 0 Å². The van der Waals surface area contributed by atoms with Crippen molar-refractivity contribution in [2.75, 3.05) is 6.61 Å². The Morgan fingerprint density at radius 1 is 1.06 bits per heavy atom. The molecule has 0 atom stereocenters. The van der Waals surface area contributed by atoms with E-state index in [0.29, 0.717) is 21.6 Å². The molecule has 3 aromatic carbocycles. The van der Waals surface area contributed by atoms with Crippen LogP contribution >= 0.6 is 11.6 Å². The highest BCUT2D eigenvalue weighted by molar-refractivity contribution is 6.33. The maximum Gasteiger partial charge on any atom is 0.235 e. The molecule has 0 fully saturated rings. The number of Topliss-reactive ketones (excluding diaryl/α,β-unsaturated/α-hetero) is 1. The zero-order chi connectivity index (χ0) is 22.1. The Morgan fingerprint density at radius 3 is 2.48 bits per heavy atom. The fourth-order valence-electron chi connectivity index (χ4n) is 3.48. The highest BCUT2D eigenvalue weighted by atomic mass is 35.5. The molecule has 4 nitrogen and oxygen atoms in total. The maximum atomic E-state index is 13.4. The van der Waals surface area contributed by atoms with Crippen molar-refractivity contribution in [3.8, 4) is 17.1 Å². The molecule has 156 valence electrons. The van der Waals surface area contributed by atoms with Gasteiger partial charge in [0.15, 0.2) is 18.2 Å². The SMILES string of the molecule is Cc1cc(C)c2c(=O)c(OCC(=O)c3ccc(F)cc3)c(-c3ccccc3Cl)oc2c1. The summed E-state index contributed by atoms with van der Waals surface area (Å²) in [5, 5.41) is 0.759. The standard InChI is InChI=1S/C25H18ClFO4/c1-14-11-15(2)22-21(12-14)31-24(18-5-3-4-6-19(18)26)25(23(22)29)30-13-20(28)16-7-9-17(27)10-8-16/h3-12H,13H2,1-2H3. The van der Waals surface area contributed by atoms with E-state index in [1.165, 1.54) is 24.3 Å². The normalized spacial score (nSPS) is 11.0. The first-order chi connectivity index (χ1) is 14.8. The number of carbonyl (C=O) groups excluding carboxylic acids is 1. The largest absolute Gasteiger partial charge is 0.478 e. The predicted octanol–water partition coefficient (Wildman–Crippen LogP) is 6.13. The summed E-state index contributed by atoms with van der Waals surface area (Å²) >= 11 is 6.35. The summed E-state index contributed by atoms with van der Waals surface area (Å²) in [6.45, 7) is 3.31. The maximum absolute atomic E-state index is 13.4. The lowest BCUT2D eigenvalue weighted by atomic mass is 10.0. The molecule has 0 aliphatic heterocycles. The van der Waals surface area contributed by atoms with Crippen molar-refractivity contribution < 1.29 is 18.3 Å². The molecule has 0 amide bonds. The molecule has 4 aromatic rings. The van der Waals surface area contributed by atoms with Crippen LogP contribution in [0.25, 0.3) is 22.3 Å². The monoisotopic (exact) mass is 436 g/mol. The van der Waals surface area contributed by atoms with Crippen LogP contribution in [0.1, 0.15) is 21.5 Å². The molecule has 4 rings (SSSR count). The third kappa shape index (κ3) is 4.09. The highest BCUT2D eigenvalue weighted by Crippen LogP contribution is 2.36. The molecular weight excluding hydrogens is 419 g/mol. The third-order valence-corrected chi connectivity index (χ3v) is 5.26. The van der Waals surface area contributed by atoms with E-state index in [2.05, 4.69) is 0 Å². The van der Waals surface area contributed by atoms with Crippen LogP contribution in [0.5, 0.6) is 5.75 Å². The fourth-order valence-corrected chi connectivity index (χ4v) is 3.71. The predicted molar refractivity (Wildman–Crippen MR) is 119 cm³/mol. The van der Waals surface area contributed by atoms with E-state index in [9.17, 15) is 14.0 Å². The number of halogens is 2. The molecular formula is C25H18ClFO4. The first kappa shape index (κ1) is 20.8. The van der Waals surface area contributed by atoms with Gasteiger partial charge in [-0.05, 0) is 67.4 Å². The minimum atomic E-state index is -0.445. The van der Waals surface area contributed by atoms with Gasteiger partial charge in [0, 0.05) is 11.1 Å². The Balaban J connectivity index is 1.84. The fraction of sp³-hybridized carbons (Fsp3) is 0.120. The van der Waals surface area contributed by atoms with Gasteiger partial charge < -0.3 is 9.15 Å². The van der Waals surface area contributed by atoms with Crippen LogP contribution in [-0.4, -0.2) is 12.4 Å². The number of fused-ring (bicyclic) bond motifs is 1. The topological polar surface area (TPSA) is 56.5 Å². The summed E-state index contributed by atoms with van der Waals surface area (Å²) in [6.07, 6.45) is 0. The highest BCUT2D eigenvalue weighted by Gasteiger charge is 2.22. The van der Waals surface area contributed by atoms with E-state index in [-0.39, 0.29) is 22.5 Å². The molecule has 0 aliphatic carbocycles. The van der Waals surface area contributed by atoms with Gasteiger partial charge in [0.05, 0.1) is 10.4 Å². The Labute approximate surface area is 182 Å². The number of benzene rings is 3. The third-order valence-electron chi connectivity index (χ3n) is 4.93. The van der Waals surface area contributed by atoms with Crippen LogP contribution in [0, 0.1) is 19.7 Å². The van der Waals surface area contributed by atoms with E-state index in [4.69, 9.17) is 20.8 Å². The van der Waals surface area contributed by atoms with Gasteiger partial charge in [0.2, 0.25) is 11.2 Å². The van der Waals surface area contributed by atoms with Gasteiger partial charge >= 0.3 is 0 Å². The van der Waals surface area contributed by atoms with Gasteiger partial charge in [-0.15, -0.1) is 0 Å². The second kappa shape index (κ2) is 8.36. The average Bonchev–Trinajstić information content (AvgIpc) is 2.73. The van der Waals surface area contributed by atoms with Crippen LogP contribution in [0.2, 0.25) is 5.02 Å². The molecule has 1 heterocycles. The van der Waals surface area contributed by atoms with E-state index < -0.39 is 18.2 Å². The van der Waals surface area contributed by atoms with Crippen LogP contribution in [0.15, 0.2) is 69.9 Å². The lowest BCUT2D eigenvalue weighted by Gasteiger charge is -2.13. The average molecular weight is 437 g/mol. The van der Waals surface area contributed by atoms with Crippen LogP contribution in [0.3, 0.4) is 0 Å². The van der Waals surface area contributed by atoms with E-state index in [0.717, 1.165) is 11.1 Å². The Hall–Kier alpha value is -3.44. The van der Waals surface area contributed by atoms with Gasteiger partial charge in [-0.1, -0.05) is 29.8 Å². The lowest BCUT2D eigenvalue weighted by Crippen LogP contribution is -2.17. The second-order valence-corrected chi connectivity index (χ2v) is 7.65. The van der Waals surface area contributed by atoms with Crippen LogP contribution in [-0.2, 0) is 0 Å². The Kier molecular flexibility index (Phi) is 5.61. The molecule has 0 aliphatic rings. The number of hydrogen-bond acceptors (Lipinski definition) is 4. The number of aryl methyl sites for hydroxylation is 2. The first-order valence-corrected chi connectivity index (χ1v) is 9.97. The van der Waals surface area contributed by atoms with Gasteiger partial charge in [0.25, 0.3) is 0 Å². The van der Waals surface area contributed by atoms with Gasteiger partial charge in [0.1, 0.15) is 11.4 Å². The number of ether oxygens (including phenoxy) is 1. The van der Waals surface area contributed by atoms with Crippen LogP contribution < -0.4 is 10.2 Å². The quantitative estimate of drug-likeness (QED) is 0.353. The molecule has 0 bridgehead atoms. The van der Waals surface area contributed by atoms with Crippen molar-refractivity contribution in [2.45, 2.75) is 13.8 Å². The summed E-state index contributed by atoms with van der Waals surface area (Å²) in [5.41, 5.74) is 2.46. The summed E-state index contributed by atoms with van der Waals surface area (Å²) in [4.78, 5) is 25.9. The summed E-state index contributed by atoms with van der Waals surface area (Å²) in [7, 11) is 0. The number of ketones is 1. The van der Waals surface area contributed by atoms with E-state index in [1.54, 1.807) is 30.3 Å². The van der Waals surface area contributed by atoms with Crippen LogP contribution in [0.4, 0.5) is 4.39 Å². The van der Waals surface area contributed by atoms with Gasteiger partial charge in [-0.2, -0.15) is 0 Å². The summed E-state index contributed by atoms with van der Waals surface area (Å²) < 4.78 is 24.9. The molecule has 0 radical (unpaired) electrons. The number of rotatable bonds is 5. The summed E-state index contributed by atoms with van der Waals surface area (Å²) in [5.74, 6) is -0.785. The van der Waals surface area contributed by atoms with Gasteiger partial charge in [-0.3, -0.25) is 9.59 Å². The molecule has 1 aromatic heterocycles. The van der Waals surface area contributed by atoms with Crippen molar-refractivity contribution in [3.05, 3.63) is 98.4 Å². The van der Waals surface area contributed by atoms with E-state index in [1.807, 2.05) is 19.9 Å². The zero-order valence-corrected chi connectivity index (χ0v) is 17.6. The molecule has 0 unspecified atom stereocenters. The van der Waals surface area contributed by atoms with E-state index >= 15 is 0 Å². The minimum absolute atomic E-state index is 0.0944. The molecule has 31 heavy (non-hydrogen) atoms. The molecule has 0 saturated carbocycles. The second-order valence-electron chi connectivity index (χ2n) is 7.24. The number of hydrogen-bond donors (Lipinski definition) is 0. The van der Waals surface area contributed by atoms with Crippen molar-refractivity contribution in [1.82, 2.24) is 0 Å². The molecule has 0 saturated heterocycles.